The SMILES string of the molecule is NCC1CCCC1Oc1cc(Cl)c(Cl)cc1[N+](=O)[O-]. The minimum Gasteiger partial charge on any atom is -0.483 e. The van der Waals surface area contributed by atoms with Crippen LogP contribution in [0, 0.1) is 16.0 Å². The number of nitrogens with two attached hydrogens (primary N) is 1. The highest BCUT2D eigenvalue weighted by Gasteiger charge is 2.30. The molecule has 104 valence electrons. The van der Waals surface area contributed by atoms with Gasteiger partial charge in [0.25, 0.3) is 0 Å². The van der Waals surface area contributed by atoms with Gasteiger partial charge in [-0.1, -0.05) is 23.2 Å². The number of hydrogen-bond donors (Lipinski definition) is 1. The van der Waals surface area contributed by atoms with Crippen molar-refractivity contribution < 1.29 is 9.66 Å². The molecule has 0 heterocycles. The summed E-state index contributed by atoms with van der Waals surface area (Å²) in [5.41, 5.74) is 5.50. The van der Waals surface area contributed by atoms with E-state index < -0.39 is 4.92 Å². The van der Waals surface area contributed by atoms with Crippen molar-refractivity contribution in [2.75, 3.05) is 6.54 Å². The van der Waals surface area contributed by atoms with Gasteiger partial charge < -0.3 is 10.5 Å². The van der Waals surface area contributed by atoms with Gasteiger partial charge in [0.2, 0.25) is 0 Å². The number of nitro groups is 1. The lowest BCUT2D eigenvalue weighted by Gasteiger charge is -2.20. The van der Waals surface area contributed by atoms with E-state index >= 15 is 0 Å². The number of ether oxygens (including phenoxy) is 1. The molecule has 2 atom stereocenters. The Kier molecular flexibility index (Phi) is 4.50. The van der Waals surface area contributed by atoms with Crippen LogP contribution >= 0.6 is 23.2 Å². The van der Waals surface area contributed by atoms with E-state index in [1.165, 1.54) is 12.1 Å². The normalized spacial score (nSPS) is 22.5. The van der Waals surface area contributed by atoms with Gasteiger partial charge in [-0.15, -0.1) is 0 Å². The Morgan fingerprint density at radius 2 is 2.05 bits per heavy atom. The first-order valence-electron chi connectivity index (χ1n) is 6.03. The Balaban J connectivity index is 2.28. The van der Waals surface area contributed by atoms with E-state index in [9.17, 15) is 10.1 Å². The third-order valence-corrected chi connectivity index (χ3v) is 4.09. The fourth-order valence-corrected chi connectivity index (χ4v) is 2.66. The summed E-state index contributed by atoms with van der Waals surface area (Å²) >= 11 is 11.7. The first-order chi connectivity index (χ1) is 9.02. The molecular formula is C12H14Cl2N2O3. The van der Waals surface area contributed by atoms with Crippen LogP contribution in [0.4, 0.5) is 5.69 Å². The first kappa shape index (κ1) is 14.4. The number of nitro benzene ring substituents is 1. The maximum Gasteiger partial charge on any atom is 0.312 e. The molecular weight excluding hydrogens is 291 g/mol. The molecule has 1 aromatic carbocycles. The first-order valence-corrected chi connectivity index (χ1v) is 6.78. The number of halogens is 2. The molecule has 2 rings (SSSR count). The summed E-state index contributed by atoms with van der Waals surface area (Å²) in [5.74, 6) is 0.388. The second-order valence-corrected chi connectivity index (χ2v) is 5.39. The van der Waals surface area contributed by atoms with Gasteiger partial charge in [0.05, 0.1) is 15.0 Å². The van der Waals surface area contributed by atoms with Gasteiger partial charge in [0.1, 0.15) is 6.10 Å². The van der Waals surface area contributed by atoms with Crippen LogP contribution in [0.3, 0.4) is 0 Å². The number of hydrogen-bond acceptors (Lipinski definition) is 4. The van der Waals surface area contributed by atoms with Crippen LogP contribution in [0.2, 0.25) is 10.0 Å². The molecule has 0 spiro atoms. The zero-order chi connectivity index (χ0) is 14.0. The average molecular weight is 305 g/mol. The van der Waals surface area contributed by atoms with Crippen LogP contribution in [0.25, 0.3) is 0 Å². The maximum absolute atomic E-state index is 11.0. The Labute approximate surface area is 120 Å². The summed E-state index contributed by atoms with van der Waals surface area (Å²) in [6, 6.07) is 2.61. The van der Waals surface area contributed by atoms with E-state index in [2.05, 4.69) is 0 Å². The van der Waals surface area contributed by atoms with Crippen molar-refractivity contribution >= 4 is 28.9 Å². The summed E-state index contributed by atoms with van der Waals surface area (Å²) in [4.78, 5) is 10.5. The highest BCUT2D eigenvalue weighted by molar-refractivity contribution is 6.42. The smallest absolute Gasteiger partial charge is 0.312 e. The third kappa shape index (κ3) is 3.11. The Morgan fingerprint density at radius 1 is 1.37 bits per heavy atom. The monoisotopic (exact) mass is 304 g/mol. The van der Waals surface area contributed by atoms with Gasteiger partial charge in [-0.2, -0.15) is 0 Å². The number of nitrogens with zero attached hydrogens (tertiary/aromatic N) is 1. The van der Waals surface area contributed by atoms with Crippen molar-refractivity contribution in [3.8, 4) is 5.75 Å². The van der Waals surface area contributed by atoms with Gasteiger partial charge in [-0.3, -0.25) is 10.1 Å². The highest BCUT2D eigenvalue weighted by atomic mass is 35.5. The predicted molar refractivity (Wildman–Crippen MR) is 73.9 cm³/mol. The summed E-state index contributed by atoms with van der Waals surface area (Å²) < 4.78 is 5.74. The fourth-order valence-electron chi connectivity index (χ4n) is 2.35. The lowest BCUT2D eigenvalue weighted by Crippen LogP contribution is -2.27. The maximum atomic E-state index is 11.0. The molecule has 2 N–H and O–H groups in total. The van der Waals surface area contributed by atoms with Crippen LogP contribution in [0.5, 0.6) is 5.75 Å². The van der Waals surface area contributed by atoms with Gasteiger partial charge in [-0.05, 0) is 25.8 Å². The van der Waals surface area contributed by atoms with Crippen LogP contribution in [-0.4, -0.2) is 17.6 Å². The van der Waals surface area contributed by atoms with E-state index in [1.807, 2.05) is 0 Å². The van der Waals surface area contributed by atoms with Gasteiger partial charge in [-0.25, -0.2) is 0 Å². The van der Waals surface area contributed by atoms with E-state index in [-0.39, 0.29) is 33.5 Å². The molecule has 5 nitrogen and oxygen atoms in total. The van der Waals surface area contributed by atoms with Crippen LogP contribution < -0.4 is 10.5 Å². The lowest BCUT2D eigenvalue weighted by atomic mass is 10.1. The Bertz CT molecular complexity index is 496. The second-order valence-electron chi connectivity index (χ2n) is 4.57. The standard InChI is InChI=1S/C12H14Cl2N2O3/c13-8-4-10(16(17)18)12(5-9(8)14)19-11-3-1-2-7(11)6-15/h4-5,7,11H,1-3,6,15H2. The molecule has 1 aromatic rings. The molecule has 0 radical (unpaired) electrons. The van der Waals surface area contributed by atoms with E-state index in [4.69, 9.17) is 33.7 Å². The molecule has 0 amide bonds. The Morgan fingerprint density at radius 3 is 2.68 bits per heavy atom. The molecule has 7 heteroatoms. The van der Waals surface area contributed by atoms with Crippen molar-refractivity contribution in [3.05, 3.63) is 32.3 Å². The second kappa shape index (κ2) is 5.94. The summed E-state index contributed by atoms with van der Waals surface area (Å²) in [6.07, 6.45) is 2.75. The molecule has 1 fully saturated rings. The minimum absolute atomic E-state index is 0.0963. The predicted octanol–water partition coefficient (Wildman–Crippen LogP) is 3.41. The lowest BCUT2D eigenvalue weighted by molar-refractivity contribution is -0.386. The van der Waals surface area contributed by atoms with Crippen molar-refractivity contribution in [2.24, 2.45) is 11.7 Å². The van der Waals surface area contributed by atoms with Crippen molar-refractivity contribution in [2.45, 2.75) is 25.4 Å². The van der Waals surface area contributed by atoms with E-state index in [0.717, 1.165) is 19.3 Å². The summed E-state index contributed by atoms with van der Waals surface area (Å²) in [7, 11) is 0. The molecule has 0 aromatic heterocycles. The van der Waals surface area contributed by atoms with E-state index in [0.29, 0.717) is 6.54 Å². The van der Waals surface area contributed by atoms with Crippen molar-refractivity contribution in [1.82, 2.24) is 0 Å². The molecule has 1 aliphatic carbocycles. The third-order valence-electron chi connectivity index (χ3n) is 3.37. The van der Waals surface area contributed by atoms with Crippen molar-refractivity contribution in [3.63, 3.8) is 0 Å². The summed E-state index contributed by atoms with van der Waals surface area (Å²) in [6.45, 7) is 0.514. The molecule has 2 unspecified atom stereocenters. The minimum atomic E-state index is -0.524. The Hall–Kier alpha value is -1.04. The molecule has 0 bridgehead atoms. The molecule has 1 aliphatic rings. The van der Waals surface area contributed by atoms with Gasteiger partial charge in [0.15, 0.2) is 5.75 Å². The van der Waals surface area contributed by atoms with Gasteiger partial charge in [0, 0.05) is 18.1 Å². The summed E-state index contributed by atoms with van der Waals surface area (Å²) in [5, 5.41) is 11.4. The number of rotatable bonds is 4. The highest BCUT2D eigenvalue weighted by Crippen LogP contribution is 2.38. The average Bonchev–Trinajstić information content (AvgIpc) is 2.80. The van der Waals surface area contributed by atoms with E-state index in [1.54, 1.807) is 0 Å². The van der Waals surface area contributed by atoms with Crippen LogP contribution in [0.1, 0.15) is 19.3 Å². The fraction of sp³-hybridized carbons (Fsp3) is 0.500. The van der Waals surface area contributed by atoms with Crippen molar-refractivity contribution in [1.29, 1.82) is 0 Å². The van der Waals surface area contributed by atoms with Gasteiger partial charge >= 0.3 is 5.69 Å². The quantitative estimate of drug-likeness (QED) is 0.683. The van der Waals surface area contributed by atoms with Crippen LogP contribution in [0.15, 0.2) is 12.1 Å². The largest absolute Gasteiger partial charge is 0.483 e. The molecule has 0 aliphatic heterocycles. The number of benzene rings is 1. The molecule has 19 heavy (non-hydrogen) atoms. The zero-order valence-corrected chi connectivity index (χ0v) is 11.7. The molecule has 1 saturated carbocycles. The van der Waals surface area contributed by atoms with Crippen LogP contribution in [-0.2, 0) is 0 Å². The topological polar surface area (TPSA) is 78.4 Å². The zero-order valence-electron chi connectivity index (χ0n) is 10.1. The molecule has 0 saturated heterocycles.